The average Bonchev–Trinajstić information content (AvgIpc) is 2.39. The Labute approximate surface area is 112 Å². The van der Waals surface area contributed by atoms with Gasteiger partial charge < -0.3 is 5.32 Å². The first-order chi connectivity index (χ1) is 8.84. The highest BCUT2D eigenvalue weighted by Gasteiger charge is 2.14. The third-order valence-corrected chi connectivity index (χ3v) is 4.08. The Bertz CT molecular complexity index is 320. The Kier molecular flexibility index (Phi) is 5.57. The number of nitrogens with one attached hydrogen (secondary N) is 1. The molecule has 1 aromatic rings. The van der Waals surface area contributed by atoms with E-state index in [-0.39, 0.29) is 0 Å². The fourth-order valence-electron chi connectivity index (χ4n) is 3.04. The highest BCUT2D eigenvalue weighted by Crippen LogP contribution is 2.23. The lowest BCUT2D eigenvalue weighted by Crippen LogP contribution is -2.22. The minimum atomic E-state index is 0.667. The maximum Gasteiger partial charge on any atom is 0.0342 e. The summed E-state index contributed by atoms with van der Waals surface area (Å²) < 4.78 is 0. The summed E-state index contributed by atoms with van der Waals surface area (Å²) in [6.07, 6.45) is 11.2. The van der Waals surface area contributed by atoms with Crippen LogP contribution < -0.4 is 5.32 Å². The van der Waals surface area contributed by atoms with Crippen molar-refractivity contribution < 1.29 is 0 Å². The molecule has 1 nitrogen and oxygen atoms in total. The number of rotatable bonds is 2. The number of para-hydroxylation sites is 1. The zero-order valence-electron chi connectivity index (χ0n) is 11.7. The van der Waals surface area contributed by atoms with Crippen molar-refractivity contribution in [1.29, 1.82) is 0 Å². The molecule has 1 aromatic carbocycles. The predicted octanol–water partition coefficient (Wildman–Crippen LogP) is 5.24. The standard InChI is InChI=1S/C17H27N/c1-15-10-6-3-2-4-7-13-17(14-15)18-16-11-8-5-9-12-16/h5,8-9,11-12,15,17-18H,2-4,6-7,10,13-14H2,1H3. The molecular formula is C17H27N. The molecule has 1 aliphatic rings. The summed E-state index contributed by atoms with van der Waals surface area (Å²) in [7, 11) is 0. The van der Waals surface area contributed by atoms with E-state index in [1.54, 1.807) is 0 Å². The van der Waals surface area contributed by atoms with Crippen molar-refractivity contribution in [2.24, 2.45) is 5.92 Å². The molecule has 0 aromatic heterocycles. The largest absolute Gasteiger partial charge is 0.382 e. The lowest BCUT2D eigenvalue weighted by atomic mass is 9.90. The molecule has 0 saturated heterocycles. The Balaban J connectivity index is 1.90. The molecule has 1 N–H and O–H groups in total. The molecule has 0 spiro atoms. The molecule has 0 bridgehead atoms. The maximum absolute atomic E-state index is 3.73. The van der Waals surface area contributed by atoms with E-state index in [2.05, 4.69) is 42.6 Å². The van der Waals surface area contributed by atoms with Crippen molar-refractivity contribution in [3.8, 4) is 0 Å². The van der Waals surface area contributed by atoms with Crippen LogP contribution in [0.15, 0.2) is 30.3 Å². The van der Waals surface area contributed by atoms with Crippen molar-refractivity contribution >= 4 is 5.69 Å². The van der Waals surface area contributed by atoms with Crippen LogP contribution >= 0.6 is 0 Å². The molecule has 1 saturated carbocycles. The molecule has 0 amide bonds. The molecule has 2 unspecified atom stereocenters. The van der Waals surface area contributed by atoms with Gasteiger partial charge >= 0.3 is 0 Å². The second-order valence-corrected chi connectivity index (χ2v) is 5.89. The van der Waals surface area contributed by atoms with Crippen molar-refractivity contribution in [2.45, 2.75) is 64.3 Å². The van der Waals surface area contributed by atoms with Crippen molar-refractivity contribution in [1.82, 2.24) is 0 Å². The molecule has 0 aliphatic heterocycles. The first-order valence-corrected chi connectivity index (χ1v) is 7.66. The van der Waals surface area contributed by atoms with Crippen LogP contribution in [-0.2, 0) is 0 Å². The smallest absolute Gasteiger partial charge is 0.0342 e. The van der Waals surface area contributed by atoms with Crippen LogP contribution in [-0.4, -0.2) is 6.04 Å². The van der Waals surface area contributed by atoms with E-state index in [9.17, 15) is 0 Å². The molecule has 2 rings (SSSR count). The van der Waals surface area contributed by atoms with Gasteiger partial charge in [-0.25, -0.2) is 0 Å². The molecular weight excluding hydrogens is 218 g/mol. The van der Waals surface area contributed by atoms with Gasteiger partial charge in [-0.15, -0.1) is 0 Å². The van der Waals surface area contributed by atoms with Gasteiger partial charge in [-0.2, -0.15) is 0 Å². The lowest BCUT2D eigenvalue weighted by molar-refractivity contribution is 0.393. The molecule has 0 heterocycles. The van der Waals surface area contributed by atoms with Crippen molar-refractivity contribution in [3.63, 3.8) is 0 Å². The van der Waals surface area contributed by atoms with Crippen LogP contribution in [0.3, 0.4) is 0 Å². The second kappa shape index (κ2) is 7.45. The first-order valence-electron chi connectivity index (χ1n) is 7.66. The zero-order chi connectivity index (χ0) is 12.6. The van der Waals surface area contributed by atoms with Gasteiger partial charge in [-0.3, -0.25) is 0 Å². The van der Waals surface area contributed by atoms with Gasteiger partial charge in [0.2, 0.25) is 0 Å². The second-order valence-electron chi connectivity index (χ2n) is 5.89. The fraction of sp³-hybridized carbons (Fsp3) is 0.647. The molecule has 1 heteroatoms. The minimum Gasteiger partial charge on any atom is -0.382 e. The molecule has 1 fully saturated rings. The summed E-state index contributed by atoms with van der Waals surface area (Å²) in [6, 6.07) is 11.4. The summed E-state index contributed by atoms with van der Waals surface area (Å²) >= 11 is 0. The maximum atomic E-state index is 3.73. The first kappa shape index (κ1) is 13.5. The van der Waals surface area contributed by atoms with E-state index in [1.165, 1.54) is 57.1 Å². The van der Waals surface area contributed by atoms with Crippen LogP contribution in [0.2, 0.25) is 0 Å². The predicted molar refractivity (Wildman–Crippen MR) is 80.0 cm³/mol. The van der Waals surface area contributed by atoms with Crippen LogP contribution in [0.1, 0.15) is 58.3 Å². The van der Waals surface area contributed by atoms with Gasteiger partial charge in [-0.1, -0.05) is 63.6 Å². The highest BCUT2D eigenvalue weighted by molar-refractivity contribution is 5.43. The fourth-order valence-corrected chi connectivity index (χ4v) is 3.04. The molecule has 2 atom stereocenters. The third kappa shape index (κ3) is 4.72. The number of benzene rings is 1. The van der Waals surface area contributed by atoms with E-state index in [4.69, 9.17) is 0 Å². The number of hydrogen-bond donors (Lipinski definition) is 1. The van der Waals surface area contributed by atoms with Gasteiger partial charge in [0.25, 0.3) is 0 Å². The Morgan fingerprint density at radius 3 is 2.33 bits per heavy atom. The Morgan fingerprint density at radius 1 is 0.889 bits per heavy atom. The van der Waals surface area contributed by atoms with Gasteiger partial charge in [0.05, 0.1) is 0 Å². The molecule has 100 valence electrons. The average molecular weight is 245 g/mol. The van der Waals surface area contributed by atoms with Crippen LogP contribution in [0.25, 0.3) is 0 Å². The number of anilines is 1. The molecule has 18 heavy (non-hydrogen) atoms. The molecule has 1 aliphatic carbocycles. The summed E-state index contributed by atoms with van der Waals surface area (Å²) in [5, 5.41) is 3.73. The van der Waals surface area contributed by atoms with Gasteiger partial charge in [0.15, 0.2) is 0 Å². The van der Waals surface area contributed by atoms with E-state index < -0.39 is 0 Å². The van der Waals surface area contributed by atoms with Crippen LogP contribution in [0, 0.1) is 5.92 Å². The van der Waals surface area contributed by atoms with Gasteiger partial charge in [0, 0.05) is 11.7 Å². The summed E-state index contributed by atoms with van der Waals surface area (Å²) in [4.78, 5) is 0. The van der Waals surface area contributed by atoms with Crippen molar-refractivity contribution in [3.05, 3.63) is 30.3 Å². The van der Waals surface area contributed by atoms with Gasteiger partial charge in [0.1, 0.15) is 0 Å². The summed E-state index contributed by atoms with van der Waals surface area (Å²) in [5.74, 6) is 0.865. The van der Waals surface area contributed by atoms with E-state index in [0.29, 0.717) is 6.04 Å². The Morgan fingerprint density at radius 2 is 1.56 bits per heavy atom. The monoisotopic (exact) mass is 245 g/mol. The normalized spacial score (nSPS) is 26.5. The summed E-state index contributed by atoms with van der Waals surface area (Å²) in [5.41, 5.74) is 1.28. The SMILES string of the molecule is CC1CCCCCCCC(Nc2ccccc2)C1. The zero-order valence-corrected chi connectivity index (χ0v) is 11.7. The topological polar surface area (TPSA) is 12.0 Å². The minimum absolute atomic E-state index is 0.667. The number of hydrogen-bond acceptors (Lipinski definition) is 1. The highest BCUT2D eigenvalue weighted by atomic mass is 14.9. The van der Waals surface area contributed by atoms with E-state index in [1.807, 2.05) is 0 Å². The van der Waals surface area contributed by atoms with E-state index in [0.717, 1.165) is 5.92 Å². The van der Waals surface area contributed by atoms with Crippen LogP contribution in [0.5, 0.6) is 0 Å². The summed E-state index contributed by atoms with van der Waals surface area (Å²) in [6.45, 7) is 2.42. The van der Waals surface area contributed by atoms with Crippen LogP contribution in [0.4, 0.5) is 5.69 Å². The quantitative estimate of drug-likeness (QED) is 0.751. The third-order valence-electron chi connectivity index (χ3n) is 4.08. The Hall–Kier alpha value is -0.980. The van der Waals surface area contributed by atoms with Gasteiger partial charge in [-0.05, 0) is 30.9 Å². The lowest BCUT2D eigenvalue weighted by Gasteiger charge is -2.24. The van der Waals surface area contributed by atoms with Crippen molar-refractivity contribution in [2.75, 3.05) is 5.32 Å². The van der Waals surface area contributed by atoms with E-state index >= 15 is 0 Å². The molecule has 0 radical (unpaired) electrons.